The Morgan fingerprint density at radius 1 is 1.41 bits per heavy atom. The van der Waals surface area contributed by atoms with Gasteiger partial charge in [0.25, 0.3) is 0 Å². The Morgan fingerprint density at radius 3 is 2.53 bits per heavy atom. The first-order chi connectivity index (χ1) is 8.02. The summed E-state index contributed by atoms with van der Waals surface area (Å²) in [6.45, 7) is 8.27. The van der Waals surface area contributed by atoms with Crippen molar-refractivity contribution in [2.75, 3.05) is 6.54 Å². The lowest BCUT2D eigenvalue weighted by Crippen LogP contribution is -2.64. The molecule has 2 atom stereocenters. The van der Waals surface area contributed by atoms with Crippen LogP contribution in [0.4, 0.5) is 0 Å². The molecule has 0 aliphatic carbocycles. The molecule has 4 nitrogen and oxygen atoms in total. The lowest BCUT2D eigenvalue weighted by Gasteiger charge is -2.40. The SMILES string of the molecule is C/C=C/CN1C(=O)C(CC)NC(=O)C1C(C)C. The Labute approximate surface area is 103 Å². The molecular weight excluding hydrogens is 216 g/mol. The van der Waals surface area contributed by atoms with E-state index in [1.54, 1.807) is 4.90 Å². The monoisotopic (exact) mass is 238 g/mol. The van der Waals surface area contributed by atoms with Crippen molar-refractivity contribution in [3.05, 3.63) is 12.2 Å². The molecule has 1 heterocycles. The fourth-order valence-electron chi connectivity index (χ4n) is 2.16. The van der Waals surface area contributed by atoms with Crippen LogP contribution in [-0.2, 0) is 9.59 Å². The number of hydrogen-bond donors (Lipinski definition) is 1. The van der Waals surface area contributed by atoms with Gasteiger partial charge in [0.15, 0.2) is 0 Å². The number of amides is 2. The summed E-state index contributed by atoms with van der Waals surface area (Å²) in [5, 5.41) is 2.80. The highest BCUT2D eigenvalue weighted by atomic mass is 16.2. The molecule has 17 heavy (non-hydrogen) atoms. The van der Waals surface area contributed by atoms with Gasteiger partial charge in [-0.1, -0.05) is 32.9 Å². The van der Waals surface area contributed by atoms with Crippen LogP contribution in [-0.4, -0.2) is 35.3 Å². The minimum Gasteiger partial charge on any atom is -0.343 e. The molecule has 1 fully saturated rings. The molecule has 0 bridgehead atoms. The van der Waals surface area contributed by atoms with E-state index < -0.39 is 0 Å². The van der Waals surface area contributed by atoms with E-state index in [-0.39, 0.29) is 29.8 Å². The van der Waals surface area contributed by atoms with Crippen LogP contribution in [0.2, 0.25) is 0 Å². The minimum absolute atomic E-state index is 0.0314. The highest BCUT2D eigenvalue weighted by Crippen LogP contribution is 2.18. The molecule has 1 rings (SSSR count). The molecule has 4 heteroatoms. The third kappa shape index (κ3) is 2.87. The van der Waals surface area contributed by atoms with Crippen molar-refractivity contribution in [3.8, 4) is 0 Å². The van der Waals surface area contributed by atoms with Gasteiger partial charge in [0.1, 0.15) is 12.1 Å². The molecule has 0 saturated carbocycles. The van der Waals surface area contributed by atoms with Crippen LogP contribution in [0.5, 0.6) is 0 Å². The predicted octanol–water partition coefficient (Wildman–Crippen LogP) is 1.32. The van der Waals surface area contributed by atoms with E-state index in [0.29, 0.717) is 13.0 Å². The van der Waals surface area contributed by atoms with E-state index in [1.165, 1.54) is 0 Å². The van der Waals surface area contributed by atoms with Gasteiger partial charge in [-0.2, -0.15) is 0 Å². The van der Waals surface area contributed by atoms with E-state index in [0.717, 1.165) is 0 Å². The summed E-state index contributed by atoms with van der Waals surface area (Å²) in [6.07, 6.45) is 4.46. The summed E-state index contributed by atoms with van der Waals surface area (Å²) in [5.41, 5.74) is 0. The first-order valence-electron chi connectivity index (χ1n) is 6.24. The Hall–Kier alpha value is -1.32. The van der Waals surface area contributed by atoms with Crippen molar-refractivity contribution in [3.63, 3.8) is 0 Å². The minimum atomic E-state index is -0.359. The van der Waals surface area contributed by atoms with Gasteiger partial charge in [-0.15, -0.1) is 0 Å². The topological polar surface area (TPSA) is 49.4 Å². The van der Waals surface area contributed by atoms with Crippen molar-refractivity contribution < 1.29 is 9.59 Å². The maximum Gasteiger partial charge on any atom is 0.246 e. The van der Waals surface area contributed by atoms with Crippen LogP contribution >= 0.6 is 0 Å². The summed E-state index contributed by atoms with van der Waals surface area (Å²) in [6, 6.07) is -0.704. The van der Waals surface area contributed by atoms with E-state index in [1.807, 2.05) is 39.8 Å². The van der Waals surface area contributed by atoms with Gasteiger partial charge >= 0.3 is 0 Å². The summed E-state index contributed by atoms with van der Waals surface area (Å²) in [4.78, 5) is 25.9. The van der Waals surface area contributed by atoms with Gasteiger partial charge in [-0.05, 0) is 19.3 Å². The molecule has 96 valence electrons. The number of hydrogen-bond acceptors (Lipinski definition) is 2. The number of nitrogens with zero attached hydrogens (tertiary/aromatic N) is 1. The number of carbonyl (C=O) groups is 2. The van der Waals surface area contributed by atoms with Crippen LogP contribution in [0.1, 0.15) is 34.1 Å². The lowest BCUT2D eigenvalue weighted by molar-refractivity contribution is -0.150. The number of rotatable bonds is 4. The molecule has 1 saturated heterocycles. The second-order valence-corrected chi connectivity index (χ2v) is 4.72. The standard InChI is InChI=1S/C13H22N2O2/c1-5-7-8-15-11(9(3)4)12(16)14-10(6-2)13(15)17/h5,7,9-11H,6,8H2,1-4H3,(H,14,16)/b7-5+. The van der Waals surface area contributed by atoms with E-state index >= 15 is 0 Å². The molecule has 1 N–H and O–H groups in total. The third-order valence-corrected chi connectivity index (χ3v) is 3.08. The first-order valence-corrected chi connectivity index (χ1v) is 6.24. The van der Waals surface area contributed by atoms with Crippen molar-refractivity contribution in [2.45, 2.75) is 46.2 Å². The second kappa shape index (κ2) is 5.84. The van der Waals surface area contributed by atoms with Crippen molar-refractivity contribution in [2.24, 2.45) is 5.92 Å². The molecule has 2 unspecified atom stereocenters. The molecule has 1 aliphatic rings. The quantitative estimate of drug-likeness (QED) is 0.751. The van der Waals surface area contributed by atoms with Crippen molar-refractivity contribution >= 4 is 11.8 Å². The third-order valence-electron chi connectivity index (χ3n) is 3.08. The fourth-order valence-corrected chi connectivity index (χ4v) is 2.16. The number of nitrogens with one attached hydrogen (secondary N) is 1. The van der Waals surface area contributed by atoms with Crippen molar-refractivity contribution in [1.82, 2.24) is 10.2 Å². The van der Waals surface area contributed by atoms with Gasteiger partial charge in [0, 0.05) is 6.54 Å². The average Bonchev–Trinajstić information content (AvgIpc) is 2.28. The zero-order valence-corrected chi connectivity index (χ0v) is 11.1. The maximum absolute atomic E-state index is 12.2. The highest BCUT2D eigenvalue weighted by Gasteiger charge is 2.40. The summed E-state index contributed by atoms with van der Waals surface area (Å²) >= 11 is 0. The van der Waals surface area contributed by atoms with Crippen LogP contribution in [0.15, 0.2) is 12.2 Å². The molecule has 0 spiro atoms. The predicted molar refractivity (Wildman–Crippen MR) is 67.4 cm³/mol. The zero-order chi connectivity index (χ0) is 13.0. The molecule has 1 aliphatic heterocycles. The second-order valence-electron chi connectivity index (χ2n) is 4.72. The Balaban J connectivity index is 2.95. The van der Waals surface area contributed by atoms with Gasteiger partial charge in [-0.25, -0.2) is 0 Å². The van der Waals surface area contributed by atoms with E-state index in [2.05, 4.69) is 5.32 Å². The largest absolute Gasteiger partial charge is 0.343 e. The number of carbonyl (C=O) groups excluding carboxylic acids is 2. The molecule has 0 aromatic rings. The Kier molecular flexibility index (Phi) is 4.73. The van der Waals surface area contributed by atoms with Gasteiger partial charge in [0.05, 0.1) is 0 Å². The van der Waals surface area contributed by atoms with Gasteiger partial charge < -0.3 is 10.2 Å². The lowest BCUT2D eigenvalue weighted by atomic mass is 9.96. The van der Waals surface area contributed by atoms with Crippen molar-refractivity contribution in [1.29, 1.82) is 0 Å². The molecule has 0 aromatic carbocycles. The number of allylic oxidation sites excluding steroid dienone is 1. The molecule has 2 amide bonds. The maximum atomic E-state index is 12.2. The fraction of sp³-hybridized carbons (Fsp3) is 0.692. The molecule has 0 aromatic heterocycles. The molecule has 0 radical (unpaired) electrons. The molecular formula is C13H22N2O2. The Bertz CT molecular complexity index is 323. The summed E-state index contributed by atoms with van der Waals surface area (Å²) < 4.78 is 0. The smallest absolute Gasteiger partial charge is 0.246 e. The summed E-state index contributed by atoms with van der Waals surface area (Å²) in [5.74, 6) is 0.127. The van der Waals surface area contributed by atoms with Crippen LogP contribution in [0, 0.1) is 5.92 Å². The van der Waals surface area contributed by atoms with Gasteiger partial charge in [-0.3, -0.25) is 9.59 Å². The van der Waals surface area contributed by atoms with Crippen LogP contribution in [0.25, 0.3) is 0 Å². The Morgan fingerprint density at radius 2 is 2.06 bits per heavy atom. The van der Waals surface area contributed by atoms with E-state index in [9.17, 15) is 9.59 Å². The first kappa shape index (κ1) is 13.7. The van der Waals surface area contributed by atoms with Gasteiger partial charge in [0.2, 0.25) is 11.8 Å². The summed E-state index contributed by atoms with van der Waals surface area (Å²) in [7, 11) is 0. The number of piperazine rings is 1. The zero-order valence-electron chi connectivity index (χ0n) is 11.1. The van der Waals surface area contributed by atoms with Crippen LogP contribution in [0.3, 0.4) is 0 Å². The normalized spacial score (nSPS) is 25.8. The highest BCUT2D eigenvalue weighted by molar-refractivity contribution is 5.97. The average molecular weight is 238 g/mol. The van der Waals surface area contributed by atoms with E-state index in [4.69, 9.17) is 0 Å². The van der Waals surface area contributed by atoms with Crippen LogP contribution < -0.4 is 5.32 Å².